The average molecular weight is 314 g/mol. The van der Waals surface area contributed by atoms with E-state index in [4.69, 9.17) is 0 Å². The van der Waals surface area contributed by atoms with Gasteiger partial charge in [-0.2, -0.15) is 0 Å². The molecule has 0 unspecified atom stereocenters. The molecular weight excluding hydrogens is 300 g/mol. The number of rotatable bonds is 4. The van der Waals surface area contributed by atoms with Crippen LogP contribution in [0.3, 0.4) is 0 Å². The van der Waals surface area contributed by atoms with Crippen LogP contribution < -0.4 is 10.6 Å². The van der Waals surface area contributed by atoms with Crippen LogP contribution in [0.4, 0.5) is 0 Å². The highest BCUT2D eigenvalue weighted by Crippen LogP contribution is 2.03. The number of amidine groups is 2. The number of nitrogens with one attached hydrogen (secondary N) is 2. The highest BCUT2D eigenvalue weighted by molar-refractivity contribution is 7.83. The SMILES string of the molecule is O=S1N=C(NCc2cccnc2)C(NCc2cccnc2)=N1. The third-order valence-corrected chi connectivity index (χ3v) is 3.61. The molecule has 0 aromatic carbocycles. The molecule has 7 nitrogen and oxygen atoms in total. The van der Waals surface area contributed by atoms with Crippen molar-refractivity contribution in [2.24, 2.45) is 8.80 Å². The van der Waals surface area contributed by atoms with Gasteiger partial charge in [0.25, 0.3) is 11.2 Å². The number of hydrogen-bond donors (Lipinski definition) is 2. The lowest BCUT2D eigenvalue weighted by molar-refractivity contribution is 0.686. The Morgan fingerprint density at radius 3 is 1.77 bits per heavy atom. The maximum atomic E-state index is 11.5. The number of nitrogens with zero attached hydrogens (tertiary/aromatic N) is 4. The predicted molar refractivity (Wildman–Crippen MR) is 85.2 cm³/mol. The van der Waals surface area contributed by atoms with E-state index in [2.05, 4.69) is 29.4 Å². The molecule has 3 heterocycles. The maximum absolute atomic E-state index is 11.5. The van der Waals surface area contributed by atoms with E-state index in [1.54, 1.807) is 24.8 Å². The second kappa shape index (κ2) is 6.90. The Morgan fingerprint density at radius 1 is 0.864 bits per heavy atom. The van der Waals surface area contributed by atoms with E-state index in [9.17, 15) is 4.21 Å². The molecule has 3 rings (SSSR count). The molecule has 0 bridgehead atoms. The fraction of sp³-hybridized carbons (Fsp3) is 0.143. The van der Waals surface area contributed by atoms with Gasteiger partial charge < -0.3 is 10.6 Å². The van der Waals surface area contributed by atoms with Crippen LogP contribution in [0.2, 0.25) is 0 Å². The predicted octanol–water partition coefficient (Wildman–Crippen LogP) is 0.745. The van der Waals surface area contributed by atoms with Gasteiger partial charge in [-0.25, -0.2) is 4.21 Å². The lowest BCUT2D eigenvalue weighted by atomic mass is 10.2. The fourth-order valence-electron chi connectivity index (χ4n) is 1.87. The Kier molecular flexibility index (Phi) is 4.50. The second-order valence-electron chi connectivity index (χ2n) is 4.54. The van der Waals surface area contributed by atoms with Crippen LogP contribution in [0, 0.1) is 0 Å². The quantitative estimate of drug-likeness (QED) is 0.869. The van der Waals surface area contributed by atoms with Gasteiger partial charge in [-0.1, -0.05) is 12.1 Å². The van der Waals surface area contributed by atoms with Crippen molar-refractivity contribution in [1.82, 2.24) is 20.6 Å². The maximum Gasteiger partial charge on any atom is 0.269 e. The van der Waals surface area contributed by atoms with Gasteiger partial charge in [-0.05, 0) is 23.3 Å². The van der Waals surface area contributed by atoms with Gasteiger partial charge in [0.15, 0.2) is 11.7 Å². The third kappa shape index (κ3) is 3.73. The fourth-order valence-corrected chi connectivity index (χ4v) is 2.53. The summed E-state index contributed by atoms with van der Waals surface area (Å²) in [7, 11) is 0. The summed E-state index contributed by atoms with van der Waals surface area (Å²) in [4.78, 5) is 8.09. The molecule has 112 valence electrons. The molecule has 0 spiro atoms. The molecule has 22 heavy (non-hydrogen) atoms. The number of pyridine rings is 2. The van der Waals surface area contributed by atoms with E-state index < -0.39 is 11.2 Å². The topological polar surface area (TPSA) is 91.6 Å². The van der Waals surface area contributed by atoms with E-state index >= 15 is 0 Å². The number of aromatic nitrogens is 2. The minimum atomic E-state index is -1.58. The van der Waals surface area contributed by atoms with Crippen molar-refractivity contribution < 1.29 is 4.21 Å². The summed E-state index contributed by atoms with van der Waals surface area (Å²) in [5, 5.41) is 6.25. The molecule has 1 aliphatic rings. The molecule has 0 aliphatic carbocycles. The van der Waals surface area contributed by atoms with Crippen LogP contribution in [0.1, 0.15) is 11.1 Å². The van der Waals surface area contributed by atoms with E-state index in [1.807, 2.05) is 24.3 Å². The molecule has 2 N–H and O–H groups in total. The Morgan fingerprint density at radius 2 is 1.36 bits per heavy atom. The summed E-state index contributed by atoms with van der Waals surface area (Å²) in [6.07, 6.45) is 6.96. The first kappa shape index (κ1) is 14.3. The summed E-state index contributed by atoms with van der Waals surface area (Å²) in [5.41, 5.74) is 2.02. The minimum absolute atomic E-state index is 0.492. The zero-order valence-corrected chi connectivity index (χ0v) is 12.5. The van der Waals surface area contributed by atoms with Gasteiger partial charge in [0, 0.05) is 37.9 Å². The van der Waals surface area contributed by atoms with Crippen LogP contribution in [0.25, 0.3) is 0 Å². The molecule has 0 amide bonds. The zero-order valence-electron chi connectivity index (χ0n) is 11.6. The molecule has 0 fully saturated rings. The zero-order chi connectivity index (χ0) is 15.2. The summed E-state index contributed by atoms with van der Waals surface area (Å²) in [6, 6.07) is 7.63. The molecule has 0 saturated heterocycles. The van der Waals surface area contributed by atoms with Gasteiger partial charge in [0.1, 0.15) is 0 Å². The first-order chi connectivity index (χ1) is 10.8. The van der Waals surface area contributed by atoms with Crippen LogP contribution in [0.15, 0.2) is 57.8 Å². The lowest BCUT2D eigenvalue weighted by Crippen LogP contribution is -2.37. The van der Waals surface area contributed by atoms with Crippen molar-refractivity contribution in [3.05, 3.63) is 60.2 Å². The van der Waals surface area contributed by atoms with Crippen LogP contribution in [-0.4, -0.2) is 25.8 Å². The molecule has 2 aromatic heterocycles. The molecule has 1 aliphatic heterocycles. The molecule has 0 saturated carbocycles. The summed E-state index contributed by atoms with van der Waals surface area (Å²) < 4.78 is 19.5. The smallest absolute Gasteiger partial charge is 0.269 e. The summed E-state index contributed by atoms with van der Waals surface area (Å²) in [6.45, 7) is 1.08. The Bertz CT molecular complexity index is 655. The largest absolute Gasteiger partial charge is 0.362 e. The molecule has 8 heteroatoms. The molecule has 0 radical (unpaired) electrons. The second-order valence-corrected chi connectivity index (χ2v) is 5.37. The Hall–Kier alpha value is -2.61. The van der Waals surface area contributed by atoms with E-state index in [0.29, 0.717) is 24.8 Å². The Balaban J connectivity index is 1.60. The van der Waals surface area contributed by atoms with Crippen LogP contribution in [-0.2, 0) is 24.3 Å². The van der Waals surface area contributed by atoms with Gasteiger partial charge in [0.05, 0.1) is 0 Å². The first-order valence-corrected chi connectivity index (χ1v) is 7.73. The highest BCUT2D eigenvalue weighted by Gasteiger charge is 2.18. The summed E-state index contributed by atoms with van der Waals surface area (Å²) >= 11 is -1.58. The van der Waals surface area contributed by atoms with Crippen molar-refractivity contribution in [2.45, 2.75) is 13.1 Å². The molecule has 0 atom stereocenters. The van der Waals surface area contributed by atoms with Gasteiger partial charge in [-0.15, -0.1) is 8.80 Å². The van der Waals surface area contributed by atoms with Crippen molar-refractivity contribution in [2.75, 3.05) is 0 Å². The monoisotopic (exact) mass is 314 g/mol. The minimum Gasteiger partial charge on any atom is -0.362 e. The van der Waals surface area contributed by atoms with Crippen molar-refractivity contribution in [1.29, 1.82) is 0 Å². The van der Waals surface area contributed by atoms with E-state index in [1.165, 1.54) is 0 Å². The van der Waals surface area contributed by atoms with Gasteiger partial charge in [0.2, 0.25) is 0 Å². The van der Waals surface area contributed by atoms with Crippen LogP contribution in [0.5, 0.6) is 0 Å². The van der Waals surface area contributed by atoms with Gasteiger partial charge >= 0.3 is 0 Å². The highest BCUT2D eigenvalue weighted by atomic mass is 32.2. The number of hydrogen-bond acceptors (Lipinski definition) is 5. The van der Waals surface area contributed by atoms with E-state index in [-0.39, 0.29) is 0 Å². The Labute approximate surface area is 130 Å². The van der Waals surface area contributed by atoms with Crippen molar-refractivity contribution in [3.8, 4) is 0 Å². The van der Waals surface area contributed by atoms with Crippen molar-refractivity contribution in [3.63, 3.8) is 0 Å². The molecule has 2 aromatic rings. The standard InChI is InChI=1S/C14H14N6OS/c21-22-19-13(17-9-11-3-1-5-15-7-11)14(20-22)18-10-12-4-2-6-16-8-12/h1-8H,9-10H2,(H,17,19)(H,18,20). The van der Waals surface area contributed by atoms with E-state index in [0.717, 1.165) is 11.1 Å². The summed E-state index contributed by atoms with van der Waals surface area (Å²) in [5.74, 6) is 0.983. The lowest BCUT2D eigenvalue weighted by Gasteiger charge is -2.09. The van der Waals surface area contributed by atoms with Crippen LogP contribution >= 0.6 is 0 Å². The normalized spacial score (nSPS) is 14.4. The van der Waals surface area contributed by atoms with Crippen molar-refractivity contribution >= 4 is 22.8 Å². The average Bonchev–Trinajstić information content (AvgIpc) is 2.93. The van der Waals surface area contributed by atoms with Gasteiger partial charge in [-0.3, -0.25) is 9.97 Å². The first-order valence-electron chi connectivity index (χ1n) is 6.66. The third-order valence-electron chi connectivity index (χ3n) is 2.93. The molecular formula is C14H14N6OS.